The van der Waals surface area contributed by atoms with E-state index in [1.165, 1.54) is 4.90 Å². The van der Waals surface area contributed by atoms with Gasteiger partial charge in [-0.3, -0.25) is 19.3 Å². The first-order chi connectivity index (χ1) is 17.4. The molecule has 2 unspecified atom stereocenters. The van der Waals surface area contributed by atoms with Gasteiger partial charge in [0, 0.05) is 6.42 Å². The van der Waals surface area contributed by atoms with Gasteiger partial charge in [-0.25, -0.2) is 0 Å². The fraction of sp³-hybridized carbons (Fsp3) is 0.276. The number of ether oxygens (including phenoxy) is 1. The Morgan fingerprint density at radius 2 is 1.64 bits per heavy atom. The lowest BCUT2D eigenvalue weighted by atomic mass is 9.97. The monoisotopic (exact) mass is 483 g/mol. The molecule has 0 aromatic heterocycles. The molecule has 7 nitrogen and oxygen atoms in total. The fourth-order valence-electron chi connectivity index (χ4n) is 5.22. The summed E-state index contributed by atoms with van der Waals surface area (Å²) in [6.07, 6.45) is 0.801. The van der Waals surface area contributed by atoms with Crippen LogP contribution in [0.2, 0.25) is 0 Å². The number of amides is 3. The summed E-state index contributed by atoms with van der Waals surface area (Å²) in [6.45, 7) is 4.21. The number of hydrogen-bond donors (Lipinski definition) is 1. The van der Waals surface area contributed by atoms with E-state index in [0.717, 1.165) is 16.9 Å². The minimum atomic E-state index is -0.888. The Bertz CT molecular complexity index is 1290. The molecule has 1 saturated heterocycles. The third-order valence-corrected chi connectivity index (χ3v) is 7.01. The van der Waals surface area contributed by atoms with Crippen LogP contribution in [0.15, 0.2) is 78.9 Å². The van der Waals surface area contributed by atoms with Crippen molar-refractivity contribution in [1.82, 2.24) is 10.2 Å². The number of carbonyl (C=O) groups is 3. The zero-order valence-electron chi connectivity index (χ0n) is 20.4. The van der Waals surface area contributed by atoms with Crippen molar-refractivity contribution in [3.8, 4) is 5.75 Å². The molecule has 1 fully saturated rings. The molecule has 5 rings (SSSR count). The Hall–Kier alpha value is -4.13. The zero-order chi connectivity index (χ0) is 25.3. The van der Waals surface area contributed by atoms with Crippen LogP contribution >= 0.6 is 0 Å². The summed E-state index contributed by atoms with van der Waals surface area (Å²) in [5, 5.41) is 3.12. The second-order valence-electron chi connectivity index (χ2n) is 9.27. The van der Waals surface area contributed by atoms with Gasteiger partial charge in [0.1, 0.15) is 18.0 Å². The first-order valence-electron chi connectivity index (χ1n) is 12.2. The van der Waals surface area contributed by atoms with Crippen molar-refractivity contribution in [3.05, 3.63) is 95.6 Å². The average molecular weight is 484 g/mol. The van der Waals surface area contributed by atoms with Crippen LogP contribution in [0.4, 0.5) is 5.69 Å². The van der Waals surface area contributed by atoms with Crippen LogP contribution < -0.4 is 15.0 Å². The number of fused-ring (bicyclic) bond motifs is 3. The van der Waals surface area contributed by atoms with E-state index >= 15 is 0 Å². The number of anilines is 1. The van der Waals surface area contributed by atoms with Crippen molar-refractivity contribution in [2.24, 2.45) is 0 Å². The molecule has 2 atom stereocenters. The predicted octanol–water partition coefficient (Wildman–Crippen LogP) is 4.29. The van der Waals surface area contributed by atoms with Crippen molar-refractivity contribution in [1.29, 1.82) is 0 Å². The number of para-hydroxylation sites is 1. The van der Waals surface area contributed by atoms with Crippen LogP contribution in [-0.4, -0.2) is 41.4 Å². The van der Waals surface area contributed by atoms with Gasteiger partial charge in [0.05, 0.1) is 23.9 Å². The summed E-state index contributed by atoms with van der Waals surface area (Å²) >= 11 is 0. The van der Waals surface area contributed by atoms with Crippen LogP contribution in [0.3, 0.4) is 0 Å². The Balaban J connectivity index is 1.43. The Kier molecular flexibility index (Phi) is 6.22. The van der Waals surface area contributed by atoms with Gasteiger partial charge in [-0.05, 0) is 55.7 Å². The Morgan fingerprint density at radius 1 is 0.972 bits per heavy atom. The summed E-state index contributed by atoms with van der Waals surface area (Å²) in [4.78, 5) is 43.0. The van der Waals surface area contributed by atoms with Gasteiger partial charge in [0.15, 0.2) is 0 Å². The largest absolute Gasteiger partial charge is 0.494 e. The normalized spacial score (nSPS) is 19.5. The molecule has 2 heterocycles. The average Bonchev–Trinajstić information content (AvgIpc) is 3.21. The summed E-state index contributed by atoms with van der Waals surface area (Å²) in [6, 6.07) is 24.0. The topological polar surface area (TPSA) is 79.0 Å². The van der Waals surface area contributed by atoms with Crippen molar-refractivity contribution in [2.75, 3.05) is 18.1 Å². The SMILES string of the molecule is CCOc1ccc(C(NC(=O)CN2C(=O)c3ccccc3N3C(=O)CCC23C)c2ccccc2)cc1. The van der Waals surface area contributed by atoms with E-state index < -0.39 is 11.7 Å². The number of nitrogens with zero attached hydrogens (tertiary/aromatic N) is 2. The third kappa shape index (κ3) is 4.11. The van der Waals surface area contributed by atoms with Gasteiger partial charge in [-0.15, -0.1) is 0 Å². The zero-order valence-corrected chi connectivity index (χ0v) is 20.4. The van der Waals surface area contributed by atoms with E-state index in [0.29, 0.717) is 30.7 Å². The number of nitrogens with one attached hydrogen (secondary N) is 1. The highest BCUT2D eigenvalue weighted by atomic mass is 16.5. The summed E-state index contributed by atoms with van der Waals surface area (Å²) in [5.74, 6) is 0.174. The molecule has 3 amide bonds. The van der Waals surface area contributed by atoms with Crippen LogP contribution in [0, 0.1) is 0 Å². The highest BCUT2D eigenvalue weighted by Gasteiger charge is 2.53. The van der Waals surface area contributed by atoms with E-state index in [1.54, 1.807) is 23.1 Å². The molecule has 0 aliphatic carbocycles. The lowest BCUT2D eigenvalue weighted by Gasteiger charge is -2.48. The molecule has 2 aliphatic heterocycles. The maximum absolute atomic E-state index is 13.5. The van der Waals surface area contributed by atoms with E-state index in [-0.39, 0.29) is 24.3 Å². The molecule has 36 heavy (non-hydrogen) atoms. The second-order valence-corrected chi connectivity index (χ2v) is 9.27. The predicted molar refractivity (Wildman–Crippen MR) is 137 cm³/mol. The lowest BCUT2D eigenvalue weighted by molar-refractivity contribution is -0.124. The lowest BCUT2D eigenvalue weighted by Crippen LogP contribution is -2.64. The fourth-order valence-corrected chi connectivity index (χ4v) is 5.22. The molecule has 0 bridgehead atoms. The van der Waals surface area contributed by atoms with Gasteiger partial charge in [-0.2, -0.15) is 0 Å². The van der Waals surface area contributed by atoms with E-state index in [9.17, 15) is 14.4 Å². The first kappa shape index (κ1) is 23.6. The molecule has 0 radical (unpaired) electrons. The molecule has 3 aromatic carbocycles. The molecular formula is C29H29N3O4. The minimum Gasteiger partial charge on any atom is -0.494 e. The molecule has 0 saturated carbocycles. The molecular weight excluding hydrogens is 454 g/mol. The summed E-state index contributed by atoms with van der Waals surface area (Å²) < 4.78 is 5.56. The highest BCUT2D eigenvalue weighted by Crippen LogP contribution is 2.43. The van der Waals surface area contributed by atoms with E-state index in [2.05, 4.69) is 5.32 Å². The van der Waals surface area contributed by atoms with Crippen LogP contribution in [0.5, 0.6) is 5.75 Å². The highest BCUT2D eigenvalue weighted by molar-refractivity contribution is 6.11. The van der Waals surface area contributed by atoms with Crippen LogP contribution in [-0.2, 0) is 9.59 Å². The molecule has 2 aliphatic rings. The molecule has 3 aromatic rings. The van der Waals surface area contributed by atoms with E-state index in [1.807, 2.05) is 74.5 Å². The van der Waals surface area contributed by atoms with Crippen molar-refractivity contribution < 1.29 is 19.1 Å². The van der Waals surface area contributed by atoms with Crippen LogP contribution in [0.25, 0.3) is 0 Å². The molecule has 1 N–H and O–H groups in total. The standard InChI is InChI=1S/C29H29N3O4/c1-3-36-22-15-13-21(14-16-22)27(20-9-5-4-6-10-20)30-25(33)19-31-28(35)23-11-7-8-12-24(23)32-26(34)17-18-29(31,32)2/h4-16,27H,3,17-19H2,1-2H3,(H,30,33). The minimum absolute atomic E-state index is 0.0422. The van der Waals surface area contributed by atoms with Gasteiger partial charge in [0.2, 0.25) is 11.8 Å². The Labute approximate surface area is 210 Å². The number of benzene rings is 3. The second kappa shape index (κ2) is 9.49. The smallest absolute Gasteiger partial charge is 0.258 e. The Morgan fingerprint density at radius 3 is 2.36 bits per heavy atom. The maximum Gasteiger partial charge on any atom is 0.258 e. The van der Waals surface area contributed by atoms with Gasteiger partial charge >= 0.3 is 0 Å². The van der Waals surface area contributed by atoms with Gasteiger partial charge in [-0.1, -0.05) is 54.6 Å². The molecule has 0 spiro atoms. The first-order valence-corrected chi connectivity index (χ1v) is 12.2. The summed E-state index contributed by atoms with van der Waals surface area (Å²) in [5.41, 5.74) is 1.98. The third-order valence-electron chi connectivity index (χ3n) is 7.01. The molecule has 7 heteroatoms. The van der Waals surface area contributed by atoms with Crippen molar-refractivity contribution >= 4 is 23.4 Å². The van der Waals surface area contributed by atoms with E-state index in [4.69, 9.17) is 4.74 Å². The number of rotatable bonds is 7. The van der Waals surface area contributed by atoms with Crippen LogP contribution in [0.1, 0.15) is 54.2 Å². The number of hydrogen-bond acceptors (Lipinski definition) is 4. The van der Waals surface area contributed by atoms with Crippen molar-refractivity contribution in [3.63, 3.8) is 0 Å². The van der Waals surface area contributed by atoms with Crippen molar-refractivity contribution in [2.45, 2.75) is 38.4 Å². The number of carbonyl (C=O) groups excluding carboxylic acids is 3. The quantitative estimate of drug-likeness (QED) is 0.544. The molecule has 184 valence electrons. The van der Waals surface area contributed by atoms with Gasteiger partial charge in [0.25, 0.3) is 5.91 Å². The summed E-state index contributed by atoms with van der Waals surface area (Å²) in [7, 11) is 0. The van der Waals surface area contributed by atoms with Gasteiger partial charge < -0.3 is 15.0 Å². The maximum atomic E-state index is 13.5.